The lowest BCUT2D eigenvalue weighted by molar-refractivity contribution is 0.101. The number of amides is 1. The lowest BCUT2D eigenvalue weighted by atomic mass is 10.1. The van der Waals surface area contributed by atoms with E-state index >= 15 is 0 Å². The fourth-order valence-corrected chi connectivity index (χ4v) is 3.00. The molecule has 4 rings (SSSR count). The predicted octanol–water partition coefficient (Wildman–Crippen LogP) is 4.93. The first-order chi connectivity index (χ1) is 15.1. The van der Waals surface area contributed by atoms with E-state index in [0.717, 1.165) is 16.7 Å². The molecule has 0 spiro atoms. The molecule has 0 bridgehead atoms. The van der Waals surface area contributed by atoms with Crippen molar-refractivity contribution < 1.29 is 9.59 Å². The number of anilines is 1. The molecule has 0 aliphatic heterocycles. The molecule has 2 N–H and O–H groups in total. The molecule has 2 aromatic carbocycles. The molecule has 0 atom stereocenters. The van der Waals surface area contributed by atoms with E-state index < -0.39 is 0 Å². The number of aryl methyl sites for hydroxylation is 1. The summed E-state index contributed by atoms with van der Waals surface area (Å²) < 4.78 is 0. The van der Waals surface area contributed by atoms with Gasteiger partial charge in [0.05, 0.1) is 5.69 Å². The van der Waals surface area contributed by atoms with Crippen LogP contribution in [0.5, 0.6) is 0 Å². The van der Waals surface area contributed by atoms with Crippen LogP contribution in [0.3, 0.4) is 0 Å². The molecule has 152 valence electrons. The number of carbonyl (C=O) groups excluding carboxylic acids is 2. The van der Waals surface area contributed by atoms with Crippen molar-refractivity contribution in [1.82, 2.24) is 15.2 Å². The molecule has 0 fully saturated rings. The lowest BCUT2D eigenvalue weighted by Crippen LogP contribution is -2.12. The molecule has 31 heavy (non-hydrogen) atoms. The van der Waals surface area contributed by atoms with Gasteiger partial charge >= 0.3 is 0 Å². The molecule has 0 aliphatic carbocycles. The maximum absolute atomic E-state index is 12.6. The van der Waals surface area contributed by atoms with Crippen molar-refractivity contribution in [3.8, 4) is 11.3 Å². The molecule has 0 saturated heterocycles. The Hall–Kier alpha value is -4.32. The van der Waals surface area contributed by atoms with Gasteiger partial charge in [-0.3, -0.25) is 19.7 Å². The number of carbonyl (C=O) groups is 2. The van der Waals surface area contributed by atoms with Crippen LogP contribution in [-0.2, 0) is 0 Å². The molecule has 0 radical (unpaired) electrons. The summed E-state index contributed by atoms with van der Waals surface area (Å²) in [7, 11) is 0. The fraction of sp³-hybridized carbons (Fsp3) is 0.0400. The summed E-state index contributed by atoms with van der Waals surface area (Å²) in [4.78, 5) is 29.1. The number of benzene rings is 2. The smallest absolute Gasteiger partial charge is 0.273 e. The summed E-state index contributed by atoms with van der Waals surface area (Å²) in [5, 5.41) is 9.72. The first-order valence-electron chi connectivity index (χ1n) is 9.75. The van der Waals surface area contributed by atoms with E-state index in [4.69, 9.17) is 0 Å². The average Bonchev–Trinajstić information content (AvgIpc) is 3.30. The monoisotopic (exact) mass is 408 g/mol. The Labute approximate surface area is 179 Å². The first-order valence-corrected chi connectivity index (χ1v) is 9.75. The van der Waals surface area contributed by atoms with Crippen LogP contribution in [-0.4, -0.2) is 26.9 Å². The Bertz CT molecular complexity index is 1240. The van der Waals surface area contributed by atoms with E-state index in [2.05, 4.69) is 20.5 Å². The Balaban J connectivity index is 1.44. The van der Waals surface area contributed by atoms with E-state index in [-0.39, 0.29) is 11.7 Å². The number of H-pyrrole nitrogens is 1. The number of hydrogen-bond acceptors (Lipinski definition) is 4. The van der Waals surface area contributed by atoms with Gasteiger partial charge in [0.1, 0.15) is 5.69 Å². The van der Waals surface area contributed by atoms with Crippen LogP contribution >= 0.6 is 0 Å². The van der Waals surface area contributed by atoms with Gasteiger partial charge in [0, 0.05) is 29.2 Å². The zero-order chi connectivity index (χ0) is 21.6. The fourth-order valence-electron chi connectivity index (χ4n) is 3.00. The third-order valence-electron chi connectivity index (χ3n) is 4.71. The Morgan fingerprint density at radius 1 is 0.968 bits per heavy atom. The summed E-state index contributed by atoms with van der Waals surface area (Å²) in [5.41, 5.74) is 4.96. The van der Waals surface area contributed by atoms with Crippen LogP contribution < -0.4 is 5.32 Å². The average molecular weight is 408 g/mol. The minimum Gasteiger partial charge on any atom is -0.321 e. The van der Waals surface area contributed by atoms with Crippen LogP contribution in [0, 0.1) is 6.92 Å². The van der Waals surface area contributed by atoms with E-state index in [1.807, 2.05) is 43.3 Å². The normalized spacial score (nSPS) is 10.9. The summed E-state index contributed by atoms with van der Waals surface area (Å²) in [6.07, 6.45) is 6.64. The zero-order valence-corrected chi connectivity index (χ0v) is 16.9. The quantitative estimate of drug-likeness (QED) is 0.350. The molecule has 2 aromatic heterocycles. The van der Waals surface area contributed by atoms with E-state index in [1.54, 1.807) is 48.8 Å². The van der Waals surface area contributed by atoms with Crippen molar-refractivity contribution in [2.24, 2.45) is 0 Å². The van der Waals surface area contributed by atoms with Gasteiger partial charge in [-0.1, -0.05) is 48.0 Å². The van der Waals surface area contributed by atoms with Crippen LogP contribution in [0.2, 0.25) is 0 Å². The second-order valence-electron chi connectivity index (χ2n) is 7.05. The van der Waals surface area contributed by atoms with Crippen molar-refractivity contribution in [2.75, 3.05) is 5.32 Å². The SMILES string of the molecule is Cc1ccc(/C=C/C(=O)c2cccc(NC(=O)c3cc(-c4ccncc4)n[nH]3)c2)cc1. The molecule has 4 aromatic rings. The number of rotatable bonds is 6. The highest BCUT2D eigenvalue weighted by Crippen LogP contribution is 2.18. The Kier molecular flexibility index (Phi) is 5.80. The van der Waals surface area contributed by atoms with Crippen LogP contribution in [0.4, 0.5) is 5.69 Å². The first kappa shape index (κ1) is 20.0. The van der Waals surface area contributed by atoms with Gasteiger partial charge < -0.3 is 5.32 Å². The van der Waals surface area contributed by atoms with Gasteiger partial charge in [0.25, 0.3) is 5.91 Å². The highest BCUT2D eigenvalue weighted by molar-refractivity contribution is 6.08. The van der Waals surface area contributed by atoms with Crippen LogP contribution in [0.25, 0.3) is 17.3 Å². The minimum absolute atomic E-state index is 0.141. The largest absolute Gasteiger partial charge is 0.321 e. The molecule has 0 unspecified atom stereocenters. The summed E-state index contributed by atoms with van der Waals surface area (Å²) in [5.74, 6) is -0.481. The van der Waals surface area contributed by atoms with Gasteiger partial charge in [0.2, 0.25) is 0 Å². The van der Waals surface area contributed by atoms with Gasteiger partial charge in [0.15, 0.2) is 5.78 Å². The van der Waals surface area contributed by atoms with Crippen molar-refractivity contribution >= 4 is 23.5 Å². The van der Waals surface area contributed by atoms with Crippen molar-refractivity contribution in [2.45, 2.75) is 6.92 Å². The molecular formula is C25H20N4O2. The molecular weight excluding hydrogens is 388 g/mol. The Morgan fingerprint density at radius 3 is 2.52 bits per heavy atom. The van der Waals surface area contributed by atoms with Gasteiger partial charge in [-0.05, 0) is 48.9 Å². The molecule has 0 aliphatic rings. The highest BCUT2D eigenvalue weighted by atomic mass is 16.2. The van der Waals surface area contributed by atoms with Crippen molar-refractivity contribution in [1.29, 1.82) is 0 Å². The summed E-state index contributed by atoms with van der Waals surface area (Å²) >= 11 is 0. The third kappa shape index (κ3) is 5.00. The Morgan fingerprint density at radius 2 is 1.74 bits per heavy atom. The number of nitrogens with zero attached hydrogens (tertiary/aromatic N) is 2. The van der Waals surface area contributed by atoms with Crippen LogP contribution in [0.1, 0.15) is 32.0 Å². The van der Waals surface area contributed by atoms with Gasteiger partial charge in [-0.15, -0.1) is 0 Å². The molecule has 1 amide bonds. The minimum atomic E-state index is -0.340. The van der Waals surface area contributed by atoms with Gasteiger partial charge in [-0.2, -0.15) is 5.10 Å². The number of pyridine rings is 1. The van der Waals surface area contributed by atoms with E-state index in [0.29, 0.717) is 22.6 Å². The second kappa shape index (κ2) is 9.00. The predicted molar refractivity (Wildman–Crippen MR) is 121 cm³/mol. The van der Waals surface area contributed by atoms with Crippen molar-refractivity contribution in [3.05, 3.63) is 108 Å². The highest BCUT2D eigenvalue weighted by Gasteiger charge is 2.12. The number of hydrogen-bond donors (Lipinski definition) is 2. The lowest BCUT2D eigenvalue weighted by Gasteiger charge is -2.05. The van der Waals surface area contributed by atoms with Gasteiger partial charge in [-0.25, -0.2) is 0 Å². The molecule has 2 heterocycles. The van der Waals surface area contributed by atoms with E-state index in [9.17, 15) is 9.59 Å². The number of ketones is 1. The molecule has 0 saturated carbocycles. The topological polar surface area (TPSA) is 87.7 Å². The number of aromatic amines is 1. The summed E-state index contributed by atoms with van der Waals surface area (Å²) in [6, 6.07) is 20.1. The summed E-state index contributed by atoms with van der Waals surface area (Å²) in [6.45, 7) is 2.02. The standard InChI is InChI=1S/C25H20N4O2/c1-17-5-7-18(8-6-17)9-10-24(30)20-3-2-4-21(15-20)27-25(31)23-16-22(28-29-23)19-11-13-26-14-12-19/h2-16H,1H3,(H,27,31)(H,28,29)/b10-9+. The zero-order valence-electron chi connectivity index (χ0n) is 16.9. The van der Waals surface area contributed by atoms with Crippen molar-refractivity contribution in [3.63, 3.8) is 0 Å². The number of nitrogens with one attached hydrogen (secondary N) is 2. The van der Waals surface area contributed by atoms with E-state index in [1.165, 1.54) is 6.08 Å². The third-order valence-corrected chi connectivity index (χ3v) is 4.71. The number of allylic oxidation sites excluding steroid dienone is 1. The maximum atomic E-state index is 12.6. The maximum Gasteiger partial charge on any atom is 0.273 e. The molecule has 6 nitrogen and oxygen atoms in total. The second-order valence-corrected chi connectivity index (χ2v) is 7.05. The number of aromatic nitrogens is 3. The molecule has 6 heteroatoms. The van der Waals surface area contributed by atoms with Crippen LogP contribution in [0.15, 0.2) is 85.2 Å².